The normalized spacial score (nSPS) is 11.6. The fourth-order valence-corrected chi connectivity index (χ4v) is 3.10. The topological polar surface area (TPSA) is 98.8 Å². The maximum atomic E-state index is 14.0. The number of nitrogens with zero attached hydrogens (tertiary/aromatic N) is 4. The Bertz CT molecular complexity index is 1130. The number of nitrogens with two attached hydrogens (primary N) is 1. The maximum absolute atomic E-state index is 14.0. The summed E-state index contributed by atoms with van der Waals surface area (Å²) in [5.41, 5.74) is 6.90. The lowest BCUT2D eigenvalue weighted by Gasteiger charge is -2.22. The van der Waals surface area contributed by atoms with Gasteiger partial charge in [-0.05, 0) is 47.1 Å². The molecule has 0 aliphatic heterocycles. The van der Waals surface area contributed by atoms with Crippen LogP contribution in [0.1, 0.15) is 34.6 Å². The number of hydrogen-bond acceptors (Lipinski definition) is 6. The Hall–Kier alpha value is -3.45. The molecule has 2 heterocycles. The molecule has 1 atom stereocenters. The second-order valence-electron chi connectivity index (χ2n) is 6.46. The summed E-state index contributed by atoms with van der Waals surface area (Å²) in [5, 5.41) is 3.76. The van der Waals surface area contributed by atoms with Crippen LogP contribution in [0, 0.1) is 12.4 Å². The van der Waals surface area contributed by atoms with Crippen molar-refractivity contribution in [2.75, 3.05) is 12.8 Å². The fourth-order valence-electron chi connectivity index (χ4n) is 2.79. The van der Waals surface area contributed by atoms with Gasteiger partial charge in [0.1, 0.15) is 11.9 Å². The Morgan fingerprint density at radius 2 is 2.20 bits per heavy atom. The number of carbonyl (C=O) groups is 1. The van der Waals surface area contributed by atoms with E-state index in [9.17, 15) is 9.18 Å². The predicted molar refractivity (Wildman–Crippen MR) is 110 cm³/mol. The molecule has 30 heavy (non-hydrogen) atoms. The number of carbonyl (C=O) groups excluding carboxylic acids is 1. The maximum Gasteiger partial charge on any atom is 0.367 e. The molecule has 10 heteroatoms. The predicted octanol–water partition coefficient (Wildman–Crippen LogP) is 4.52. The van der Waals surface area contributed by atoms with E-state index < -0.39 is 11.9 Å². The van der Waals surface area contributed by atoms with Crippen molar-refractivity contribution in [1.29, 1.82) is 0 Å². The first-order chi connectivity index (χ1) is 14.3. The molecule has 0 aliphatic carbocycles. The summed E-state index contributed by atoms with van der Waals surface area (Å²) in [6.07, 6.45) is 0.842. The molecule has 3 aromatic rings. The van der Waals surface area contributed by atoms with Crippen LogP contribution in [0.15, 0.2) is 45.5 Å². The lowest BCUT2D eigenvalue weighted by molar-refractivity contribution is 0.0777. The van der Waals surface area contributed by atoms with Crippen LogP contribution in [0.25, 0.3) is 4.85 Å². The summed E-state index contributed by atoms with van der Waals surface area (Å²) in [5.74, 6) is -0.350. The van der Waals surface area contributed by atoms with Crippen LogP contribution in [-0.2, 0) is 6.54 Å². The van der Waals surface area contributed by atoms with Gasteiger partial charge < -0.3 is 19.9 Å². The fraction of sp³-hybridized carbons (Fsp3) is 0.200. The Morgan fingerprint density at radius 3 is 2.90 bits per heavy atom. The lowest BCUT2D eigenvalue weighted by Crippen LogP contribution is -2.28. The smallest absolute Gasteiger partial charge is 0.367 e. The second kappa shape index (κ2) is 8.92. The van der Waals surface area contributed by atoms with Crippen molar-refractivity contribution < 1.29 is 18.4 Å². The first kappa shape index (κ1) is 21.3. The van der Waals surface area contributed by atoms with Crippen molar-refractivity contribution in [3.05, 3.63) is 75.1 Å². The Balaban J connectivity index is 1.85. The highest BCUT2D eigenvalue weighted by Gasteiger charge is 2.22. The number of ether oxygens (including phenoxy) is 1. The Labute approximate surface area is 180 Å². The molecule has 0 bridgehead atoms. The van der Waals surface area contributed by atoms with Gasteiger partial charge in [-0.3, -0.25) is 4.79 Å². The molecule has 2 aromatic heterocycles. The summed E-state index contributed by atoms with van der Waals surface area (Å²) in [7, 11) is 1.57. The highest BCUT2D eigenvalue weighted by atomic mass is 79.9. The van der Waals surface area contributed by atoms with Crippen molar-refractivity contribution in [3.63, 3.8) is 0 Å². The minimum absolute atomic E-state index is 0.0376. The summed E-state index contributed by atoms with van der Waals surface area (Å²) >= 11 is 3.30. The van der Waals surface area contributed by atoms with E-state index in [4.69, 9.17) is 21.6 Å². The number of pyridine rings is 1. The molecule has 0 aliphatic rings. The van der Waals surface area contributed by atoms with Gasteiger partial charge in [0.2, 0.25) is 0 Å². The number of amides is 1. The van der Waals surface area contributed by atoms with Gasteiger partial charge in [-0.2, -0.15) is 4.85 Å². The van der Waals surface area contributed by atoms with Crippen LogP contribution in [0.4, 0.5) is 16.1 Å². The molecule has 1 amide bonds. The molecule has 0 fully saturated rings. The number of halogens is 2. The highest BCUT2D eigenvalue weighted by molar-refractivity contribution is 9.10. The Kier molecular flexibility index (Phi) is 6.32. The summed E-state index contributed by atoms with van der Waals surface area (Å²) in [6.45, 7) is 8.72. The minimum atomic E-state index is -0.688. The van der Waals surface area contributed by atoms with Crippen LogP contribution < -0.4 is 10.5 Å². The highest BCUT2D eigenvalue weighted by Crippen LogP contribution is 2.30. The van der Waals surface area contributed by atoms with Gasteiger partial charge in [-0.1, -0.05) is 5.16 Å². The van der Waals surface area contributed by atoms with Gasteiger partial charge in [0.15, 0.2) is 11.6 Å². The number of benzene rings is 1. The lowest BCUT2D eigenvalue weighted by atomic mass is 10.0. The molecule has 2 N–H and O–H groups in total. The van der Waals surface area contributed by atoms with Crippen LogP contribution in [0.5, 0.6) is 5.75 Å². The van der Waals surface area contributed by atoms with Crippen molar-refractivity contribution >= 4 is 33.5 Å². The average Bonchev–Trinajstić information content (AvgIpc) is 3.17. The molecule has 0 unspecified atom stereocenters. The second-order valence-corrected chi connectivity index (χ2v) is 7.37. The van der Waals surface area contributed by atoms with Gasteiger partial charge in [-0.15, -0.1) is 0 Å². The molecule has 0 spiro atoms. The van der Waals surface area contributed by atoms with Gasteiger partial charge in [0, 0.05) is 34.9 Å². The van der Waals surface area contributed by atoms with Crippen molar-refractivity contribution in [2.24, 2.45) is 0 Å². The standard InChI is InChI=1S/C20H17BrFN5O3/c1-11(29-17-6-12(21)9-25-19(17)23)16-7-13(22)4-5-15(16)20(28)27(3)10-14-8-18(24-2)30-26-14/h4-9,11H,10H2,1,3H3,(H2,23,25)/t11-/m1/s1. The third kappa shape index (κ3) is 4.75. The quantitative estimate of drug-likeness (QED) is 0.528. The van der Waals surface area contributed by atoms with Crippen LogP contribution in [0.3, 0.4) is 0 Å². The zero-order valence-corrected chi connectivity index (χ0v) is 17.7. The van der Waals surface area contributed by atoms with E-state index in [1.165, 1.54) is 35.4 Å². The zero-order chi connectivity index (χ0) is 21.8. The van der Waals surface area contributed by atoms with Crippen molar-refractivity contribution in [2.45, 2.75) is 19.6 Å². The number of nitrogen functional groups attached to an aromatic ring is 1. The molecule has 0 saturated heterocycles. The zero-order valence-electron chi connectivity index (χ0n) is 16.1. The molecular formula is C20H17BrFN5O3. The van der Waals surface area contributed by atoms with E-state index in [0.717, 1.165) is 0 Å². The summed E-state index contributed by atoms with van der Waals surface area (Å²) < 4.78 is 25.3. The SMILES string of the molecule is [C-]#[N+]c1cc(CN(C)C(=O)c2ccc(F)cc2[C@@H](C)Oc2cc(Br)cnc2N)no1. The Morgan fingerprint density at radius 1 is 1.43 bits per heavy atom. The van der Waals surface area contributed by atoms with Crippen molar-refractivity contribution in [1.82, 2.24) is 15.0 Å². The average molecular weight is 474 g/mol. The van der Waals surface area contributed by atoms with Crippen molar-refractivity contribution in [3.8, 4) is 5.75 Å². The van der Waals surface area contributed by atoms with E-state index in [0.29, 0.717) is 21.5 Å². The summed E-state index contributed by atoms with van der Waals surface area (Å²) in [4.78, 5) is 21.6. The van der Waals surface area contributed by atoms with E-state index in [1.807, 2.05) is 0 Å². The van der Waals surface area contributed by atoms with Crippen LogP contribution in [0.2, 0.25) is 0 Å². The van der Waals surface area contributed by atoms with Gasteiger partial charge >= 0.3 is 5.88 Å². The first-order valence-electron chi connectivity index (χ1n) is 8.74. The minimum Gasteiger partial charge on any atom is -0.482 e. The molecule has 0 radical (unpaired) electrons. The first-order valence-corrected chi connectivity index (χ1v) is 9.53. The number of aromatic nitrogens is 2. The third-order valence-corrected chi connectivity index (χ3v) is 4.67. The molecule has 1 aromatic carbocycles. The van der Waals surface area contributed by atoms with E-state index >= 15 is 0 Å². The number of hydrogen-bond donors (Lipinski definition) is 1. The van der Waals surface area contributed by atoms with Crippen LogP contribution in [-0.4, -0.2) is 28.0 Å². The largest absolute Gasteiger partial charge is 0.482 e. The van der Waals surface area contributed by atoms with Gasteiger partial charge in [0.25, 0.3) is 5.91 Å². The third-order valence-electron chi connectivity index (χ3n) is 4.24. The number of rotatable bonds is 6. The molecule has 3 rings (SSSR count). The van der Waals surface area contributed by atoms with Gasteiger partial charge in [0.05, 0.1) is 18.8 Å². The molecule has 8 nitrogen and oxygen atoms in total. The van der Waals surface area contributed by atoms with Gasteiger partial charge in [-0.25, -0.2) is 9.37 Å². The molecular weight excluding hydrogens is 457 g/mol. The van der Waals surface area contributed by atoms with E-state index in [1.54, 1.807) is 20.0 Å². The monoisotopic (exact) mass is 473 g/mol. The van der Waals surface area contributed by atoms with E-state index in [2.05, 4.69) is 30.9 Å². The van der Waals surface area contributed by atoms with E-state index in [-0.39, 0.29) is 29.7 Å². The molecule has 154 valence electrons. The summed E-state index contributed by atoms with van der Waals surface area (Å²) in [6, 6.07) is 6.96. The number of anilines is 1. The molecule has 0 saturated carbocycles. The van der Waals surface area contributed by atoms with Crippen LogP contribution >= 0.6 is 15.9 Å².